The second kappa shape index (κ2) is 11.2. The number of piperidine rings is 1. The van der Waals surface area contributed by atoms with Gasteiger partial charge in [-0.25, -0.2) is 14.4 Å². The first kappa shape index (κ1) is 30.4. The molecule has 5 heterocycles. The second-order valence-electron chi connectivity index (χ2n) is 12.8. The first-order chi connectivity index (χ1) is 21.9. The Balaban J connectivity index is 1.31. The maximum Gasteiger partial charge on any atom is 0.284 e. The molecule has 1 aromatic carbocycles. The fraction of sp³-hybridized carbons (Fsp3) is 0.455. The van der Waals surface area contributed by atoms with Crippen LogP contribution in [0.25, 0.3) is 33.6 Å². The maximum absolute atomic E-state index is 15.7. The highest BCUT2D eigenvalue weighted by molar-refractivity contribution is 5.98. The van der Waals surface area contributed by atoms with Crippen molar-refractivity contribution < 1.29 is 27.5 Å². The number of imidazole rings is 1. The Labute approximate surface area is 263 Å². The molecule has 2 aliphatic heterocycles. The van der Waals surface area contributed by atoms with Crippen molar-refractivity contribution in [2.24, 2.45) is 24.6 Å². The van der Waals surface area contributed by atoms with Crippen LogP contribution >= 0.6 is 0 Å². The Kier molecular flexibility index (Phi) is 7.43. The largest absolute Gasteiger partial charge is 0.380 e. The molecular formula is C33H36F3N7O3. The quantitative estimate of drug-likeness (QED) is 0.324. The molecule has 4 aromatic rings. The van der Waals surface area contributed by atoms with Crippen molar-refractivity contribution in [3.63, 3.8) is 0 Å². The van der Waals surface area contributed by atoms with Crippen LogP contribution < -0.4 is 11.1 Å². The van der Waals surface area contributed by atoms with Gasteiger partial charge >= 0.3 is 0 Å². The molecule has 2 fully saturated rings. The molecule has 2 bridgehead atoms. The van der Waals surface area contributed by atoms with Crippen molar-refractivity contribution in [2.75, 3.05) is 20.2 Å². The lowest BCUT2D eigenvalue weighted by Gasteiger charge is -2.35. The molecule has 7 rings (SSSR count). The number of fused-ring (bicyclic) bond motifs is 3. The van der Waals surface area contributed by atoms with Crippen molar-refractivity contribution >= 4 is 33.9 Å². The van der Waals surface area contributed by atoms with Crippen molar-refractivity contribution in [1.82, 2.24) is 29.3 Å². The SMILES string of the molecule is CO[C@@H]1CCN(C(=O)c2cc(F)c3c(c2)nc(-c2cc4ccc5nc4n2CC(F)(F)/C=C/C[C@@H]2C[C@H]2C(=O)N[C@@H]5C)n3C)C[C@@H]1N. The molecule has 10 nitrogen and oxygen atoms in total. The van der Waals surface area contributed by atoms with Crippen LogP contribution in [0.15, 0.2) is 42.5 Å². The minimum absolute atomic E-state index is 0.0379. The number of carbonyl (C=O) groups is 2. The molecule has 3 aromatic heterocycles. The van der Waals surface area contributed by atoms with E-state index in [1.807, 2.05) is 6.92 Å². The number of pyridine rings is 1. The maximum atomic E-state index is 15.7. The number of halogens is 3. The van der Waals surface area contributed by atoms with Gasteiger partial charge in [0, 0.05) is 50.2 Å². The van der Waals surface area contributed by atoms with E-state index in [0.717, 1.165) is 6.08 Å². The van der Waals surface area contributed by atoms with Gasteiger partial charge in [-0.3, -0.25) is 9.59 Å². The number of benzene rings is 1. The number of ether oxygens (including phenoxy) is 1. The van der Waals surface area contributed by atoms with E-state index in [4.69, 9.17) is 15.5 Å². The summed E-state index contributed by atoms with van der Waals surface area (Å²) in [4.78, 5) is 37.2. The van der Waals surface area contributed by atoms with Gasteiger partial charge in [-0.1, -0.05) is 6.08 Å². The summed E-state index contributed by atoms with van der Waals surface area (Å²) in [5, 5.41) is 3.60. The third kappa shape index (κ3) is 5.34. The predicted octanol–water partition coefficient (Wildman–Crippen LogP) is 4.33. The van der Waals surface area contributed by atoms with Crippen LogP contribution in [0.1, 0.15) is 48.3 Å². The molecule has 1 aliphatic carbocycles. The number of aromatic nitrogens is 4. The van der Waals surface area contributed by atoms with E-state index in [1.165, 1.54) is 27.3 Å². The van der Waals surface area contributed by atoms with Gasteiger partial charge in [-0.05, 0) is 68.5 Å². The molecule has 0 unspecified atom stereocenters. The number of amides is 2. The van der Waals surface area contributed by atoms with Crippen LogP contribution in [0.3, 0.4) is 0 Å². The summed E-state index contributed by atoms with van der Waals surface area (Å²) in [7, 11) is 3.19. The number of hydrogen-bond acceptors (Lipinski definition) is 6. The van der Waals surface area contributed by atoms with Crippen LogP contribution in [0, 0.1) is 17.7 Å². The van der Waals surface area contributed by atoms with E-state index >= 15 is 13.2 Å². The van der Waals surface area contributed by atoms with Crippen molar-refractivity contribution in [2.45, 2.75) is 56.8 Å². The molecule has 3 N–H and O–H groups in total. The van der Waals surface area contributed by atoms with E-state index in [-0.39, 0.29) is 64.8 Å². The standard InChI is InChI=1S/C33H36F3N7O3/c1-17-24-7-6-19-14-26(43(29(19)39-24)16-33(35,36)9-4-5-18-11-21(18)31(44)38-17)30-40-25-13-20(12-22(34)28(25)41(30)2)32(45)42-10-8-27(46-3)23(37)15-42/h4,6-7,9,12-14,17-18,21,23,27H,5,8,10-11,15-16,37H2,1-3H3,(H,38,44)/b9-4+/t17-,18-,21-,23+,27-/m1/s1. The lowest BCUT2D eigenvalue weighted by atomic mass is 10.0. The van der Waals surface area contributed by atoms with Crippen LogP contribution in [0.5, 0.6) is 0 Å². The van der Waals surface area contributed by atoms with Gasteiger partial charge in [-0.15, -0.1) is 0 Å². The van der Waals surface area contributed by atoms with E-state index in [1.54, 1.807) is 37.3 Å². The lowest BCUT2D eigenvalue weighted by Crippen LogP contribution is -2.53. The summed E-state index contributed by atoms with van der Waals surface area (Å²) < 4.78 is 55.1. The minimum Gasteiger partial charge on any atom is -0.380 e. The number of carbonyl (C=O) groups excluding carboxylic acids is 2. The Morgan fingerprint density at radius 3 is 2.76 bits per heavy atom. The Morgan fingerprint density at radius 1 is 1.20 bits per heavy atom. The highest BCUT2D eigenvalue weighted by atomic mass is 19.3. The average molecular weight is 636 g/mol. The van der Waals surface area contributed by atoms with Gasteiger partial charge in [0.05, 0.1) is 35.6 Å². The molecular weight excluding hydrogens is 599 g/mol. The third-order valence-electron chi connectivity index (χ3n) is 9.58. The second-order valence-corrected chi connectivity index (χ2v) is 12.8. The van der Waals surface area contributed by atoms with E-state index in [0.29, 0.717) is 48.2 Å². The molecule has 1 saturated carbocycles. The lowest BCUT2D eigenvalue weighted by molar-refractivity contribution is -0.123. The molecule has 2 amide bonds. The molecule has 5 atom stereocenters. The van der Waals surface area contributed by atoms with Crippen molar-refractivity contribution in [3.8, 4) is 11.5 Å². The van der Waals surface area contributed by atoms with Crippen LogP contribution in [-0.4, -0.2) is 74.1 Å². The number of methoxy groups -OCH3 is 1. The number of nitrogens with two attached hydrogens (primary N) is 1. The van der Waals surface area contributed by atoms with E-state index in [9.17, 15) is 9.59 Å². The van der Waals surface area contributed by atoms with Crippen LogP contribution in [0.4, 0.5) is 13.2 Å². The summed E-state index contributed by atoms with van der Waals surface area (Å²) >= 11 is 0. The molecule has 242 valence electrons. The summed E-state index contributed by atoms with van der Waals surface area (Å²) in [6, 6.07) is 7.15. The molecule has 3 aliphatic rings. The number of hydrogen-bond donors (Lipinski definition) is 2. The first-order valence-corrected chi connectivity index (χ1v) is 15.5. The van der Waals surface area contributed by atoms with Gasteiger partial charge in [-0.2, -0.15) is 8.78 Å². The zero-order chi connectivity index (χ0) is 32.5. The van der Waals surface area contributed by atoms with Crippen LogP contribution in [0.2, 0.25) is 0 Å². The Bertz CT molecular complexity index is 1900. The van der Waals surface area contributed by atoms with Gasteiger partial charge in [0.1, 0.15) is 17.0 Å². The number of nitrogens with one attached hydrogen (secondary N) is 1. The number of allylic oxidation sites excluding steroid dienone is 2. The third-order valence-corrected chi connectivity index (χ3v) is 9.58. The molecule has 46 heavy (non-hydrogen) atoms. The molecule has 0 radical (unpaired) electrons. The van der Waals surface area contributed by atoms with Gasteiger partial charge < -0.3 is 29.8 Å². The number of alkyl halides is 2. The van der Waals surface area contributed by atoms with Crippen molar-refractivity contribution in [3.05, 3.63) is 59.6 Å². The summed E-state index contributed by atoms with van der Waals surface area (Å²) in [5.41, 5.74) is 7.80. The number of nitrogens with zero attached hydrogens (tertiary/aromatic N) is 5. The zero-order valence-electron chi connectivity index (χ0n) is 25.8. The summed E-state index contributed by atoms with van der Waals surface area (Å²) in [5.74, 6) is -4.28. The zero-order valence-corrected chi connectivity index (χ0v) is 25.8. The van der Waals surface area contributed by atoms with E-state index in [2.05, 4.69) is 10.3 Å². The Morgan fingerprint density at radius 2 is 2.00 bits per heavy atom. The molecule has 0 spiro atoms. The summed E-state index contributed by atoms with van der Waals surface area (Å²) in [6.45, 7) is 1.78. The fourth-order valence-electron chi connectivity index (χ4n) is 6.90. The number of aryl methyl sites for hydroxylation is 1. The fourth-order valence-corrected chi connectivity index (χ4v) is 6.90. The Hall–Kier alpha value is -4.23. The smallest absolute Gasteiger partial charge is 0.284 e. The molecule has 13 heteroatoms. The highest BCUT2D eigenvalue weighted by Gasteiger charge is 2.43. The first-order valence-electron chi connectivity index (χ1n) is 15.5. The number of rotatable bonds is 3. The normalized spacial score (nSPS) is 27.0. The average Bonchev–Trinajstić information content (AvgIpc) is 3.60. The number of likely N-dealkylation sites (tertiary alicyclic amines) is 1. The van der Waals surface area contributed by atoms with Gasteiger partial charge in [0.25, 0.3) is 11.8 Å². The summed E-state index contributed by atoms with van der Waals surface area (Å²) in [6.07, 6.45) is 3.80. The van der Waals surface area contributed by atoms with Crippen LogP contribution in [-0.2, 0) is 23.1 Å². The van der Waals surface area contributed by atoms with Crippen molar-refractivity contribution in [1.29, 1.82) is 0 Å². The monoisotopic (exact) mass is 635 g/mol. The minimum atomic E-state index is -3.24. The topological polar surface area (TPSA) is 120 Å². The van der Waals surface area contributed by atoms with Gasteiger partial charge in [0.15, 0.2) is 5.82 Å². The van der Waals surface area contributed by atoms with E-state index < -0.39 is 24.3 Å². The van der Waals surface area contributed by atoms with Gasteiger partial charge in [0.2, 0.25) is 5.91 Å². The highest BCUT2D eigenvalue weighted by Crippen LogP contribution is 2.42. The predicted molar refractivity (Wildman–Crippen MR) is 166 cm³/mol. The molecule has 1 saturated heterocycles.